The van der Waals surface area contributed by atoms with Gasteiger partial charge in [-0.25, -0.2) is 0 Å². The number of thioether (sulfide) groups is 1. The lowest BCUT2D eigenvalue weighted by molar-refractivity contribution is -0.117. The van der Waals surface area contributed by atoms with Gasteiger partial charge in [-0.15, -0.1) is 0 Å². The first kappa shape index (κ1) is 16.5. The van der Waals surface area contributed by atoms with Crippen molar-refractivity contribution in [1.29, 1.82) is 0 Å². The van der Waals surface area contributed by atoms with Gasteiger partial charge in [0.05, 0.1) is 0 Å². The van der Waals surface area contributed by atoms with E-state index in [1.807, 2.05) is 23.1 Å². The smallest absolute Gasteiger partial charge is 0.228 e. The SMILES string of the molecule is CC(=O)SC1CC(=O)N(c2ccccc2CN2CCCCC2)C1. The lowest BCUT2D eigenvalue weighted by Crippen LogP contribution is -2.31. The van der Waals surface area contributed by atoms with Crippen molar-refractivity contribution < 1.29 is 9.59 Å². The number of rotatable bonds is 4. The molecule has 1 aromatic carbocycles. The van der Waals surface area contributed by atoms with E-state index in [2.05, 4.69) is 11.0 Å². The average molecular weight is 332 g/mol. The van der Waals surface area contributed by atoms with E-state index in [-0.39, 0.29) is 16.3 Å². The predicted octanol–water partition coefficient (Wildman–Crippen LogP) is 3.06. The standard InChI is InChI=1S/C18H24N2O2S/c1-14(21)23-16-11-18(22)20(13-16)17-8-4-3-7-15(17)12-19-9-5-2-6-10-19/h3-4,7-8,16H,2,5-6,9-13H2,1H3. The van der Waals surface area contributed by atoms with Crippen LogP contribution in [0.25, 0.3) is 0 Å². The quantitative estimate of drug-likeness (QED) is 0.850. The molecule has 2 fully saturated rings. The van der Waals surface area contributed by atoms with Gasteiger partial charge < -0.3 is 4.90 Å². The molecular weight excluding hydrogens is 308 g/mol. The molecule has 5 heteroatoms. The molecule has 4 nitrogen and oxygen atoms in total. The van der Waals surface area contributed by atoms with Crippen molar-refractivity contribution >= 4 is 28.5 Å². The lowest BCUT2D eigenvalue weighted by Gasteiger charge is -2.28. The van der Waals surface area contributed by atoms with Crippen LogP contribution < -0.4 is 4.90 Å². The molecular formula is C18H24N2O2S. The number of benzene rings is 1. The largest absolute Gasteiger partial charge is 0.311 e. The van der Waals surface area contributed by atoms with Gasteiger partial charge in [0.25, 0.3) is 0 Å². The monoisotopic (exact) mass is 332 g/mol. The number of hydrogen-bond donors (Lipinski definition) is 0. The van der Waals surface area contributed by atoms with E-state index in [9.17, 15) is 9.59 Å². The molecule has 0 bridgehead atoms. The van der Waals surface area contributed by atoms with Crippen LogP contribution in [-0.4, -0.2) is 40.8 Å². The first-order valence-corrected chi connectivity index (χ1v) is 9.29. The number of anilines is 1. The third-order valence-electron chi connectivity index (χ3n) is 4.55. The molecule has 0 spiro atoms. The second-order valence-electron chi connectivity index (χ2n) is 6.41. The minimum absolute atomic E-state index is 0.0862. The summed E-state index contributed by atoms with van der Waals surface area (Å²) in [7, 11) is 0. The van der Waals surface area contributed by atoms with E-state index in [0.29, 0.717) is 13.0 Å². The van der Waals surface area contributed by atoms with E-state index in [0.717, 1.165) is 25.3 Å². The molecule has 0 N–H and O–H groups in total. The van der Waals surface area contributed by atoms with Crippen molar-refractivity contribution in [3.05, 3.63) is 29.8 Å². The number of nitrogens with zero attached hydrogens (tertiary/aromatic N) is 2. The fourth-order valence-electron chi connectivity index (χ4n) is 3.49. The second-order valence-corrected chi connectivity index (χ2v) is 7.88. The van der Waals surface area contributed by atoms with Crippen LogP contribution in [0.3, 0.4) is 0 Å². The fourth-order valence-corrected chi connectivity index (χ4v) is 4.41. The molecule has 1 unspecified atom stereocenters. The topological polar surface area (TPSA) is 40.6 Å². The second kappa shape index (κ2) is 7.49. The third kappa shape index (κ3) is 4.15. The number of carbonyl (C=O) groups is 2. The molecule has 0 saturated carbocycles. The summed E-state index contributed by atoms with van der Waals surface area (Å²) < 4.78 is 0. The number of likely N-dealkylation sites (tertiary alicyclic amines) is 1. The molecule has 2 aliphatic heterocycles. The predicted molar refractivity (Wildman–Crippen MR) is 94.6 cm³/mol. The summed E-state index contributed by atoms with van der Waals surface area (Å²) in [4.78, 5) is 28.1. The average Bonchev–Trinajstić information content (AvgIpc) is 2.88. The van der Waals surface area contributed by atoms with Gasteiger partial charge in [0, 0.05) is 37.4 Å². The molecule has 23 heavy (non-hydrogen) atoms. The van der Waals surface area contributed by atoms with E-state index < -0.39 is 0 Å². The van der Waals surface area contributed by atoms with Crippen LogP contribution >= 0.6 is 11.8 Å². The third-order valence-corrected chi connectivity index (χ3v) is 5.53. The van der Waals surface area contributed by atoms with Crippen LogP contribution in [0.5, 0.6) is 0 Å². The maximum Gasteiger partial charge on any atom is 0.228 e. The molecule has 0 radical (unpaired) electrons. The highest BCUT2D eigenvalue weighted by Gasteiger charge is 2.33. The van der Waals surface area contributed by atoms with Crippen molar-refractivity contribution in [2.24, 2.45) is 0 Å². The van der Waals surface area contributed by atoms with Crippen molar-refractivity contribution in [1.82, 2.24) is 4.90 Å². The van der Waals surface area contributed by atoms with Gasteiger partial charge in [0.2, 0.25) is 5.91 Å². The van der Waals surface area contributed by atoms with Crippen molar-refractivity contribution in [2.75, 3.05) is 24.5 Å². The lowest BCUT2D eigenvalue weighted by atomic mass is 10.1. The molecule has 1 aromatic rings. The van der Waals surface area contributed by atoms with E-state index in [1.54, 1.807) is 6.92 Å². The number of hydrogen-bond acceptors (Lipinski definition) is 4. The molecule has 2 aliphatic rings. The van der Waals surface area contributed by atoms with Gasteiger partial charge in [-0.3, -0.25) is 14.5 Å². The first-order chi connectivity index (χ1) is 11.1. The summed E-state index contributed by atoms with van der Waals surface area (Å²) >= 11 is 1.29. The molecule has 124 valence electrons. The summed E-state index contributed by atoms with van der Waals surface area (Å²) in [6.07, 6.45) is 4.32. The zero-order chi connectivity index (χ0) is 16.2. The molecule has 0 aliphatic carbocycles. The Morgan fingerprint density at radius 3 is 2.70 bits per heavy atom. The Labute approximate surface area is 142 Å². The Hall–Kier alpha value is -1.33. The maximum absolute atomic E-state index is 12.4. The minimum Gasteiger partial charge on any atom is -0.311 e. The Kier molecular flexibility index (Phi) is 5.38. The Bertz CT molecular complexity index is 584. The van der Waals surface area contributed by atoms with Crippen molar-refractivity contribution in [3.8, 4) is 0 Å². The highest BCUT2D eigenvalue weighted by atomic mass is 32.2. The van der Waals surface area contributed by atoms with Crippen LogP contribution in [0.2, 0.25) is 0 Å². The molecule has 3 rings (SSSR count). The Morgan fingerprint density at radius 2 is 1.96 bits per heavy atom. The summed E-state index contributed by atoms with van der Waals surface area (Å²) in [5.41, 5.74) is 2.24. The van der Waals surface area contributed by atoms with Gasteiger partial charge in [-0.1, -0.05) is 36.4 Å². The van der Waals surface area contributed by atoms with Crippen LogP contribution in [0, 0.1) is 0 Å². The normalized spacial score (nSPS) is 22.6. The zero-order valence-electron chi connectivity index (χ0n) is 13.7. The first-order valence-electron chi connectivity index (χ1n) is 8.41. The van der Waals surface area contributed by atoms with Gasteiger partial charge in [0.15, 0.2) is 5.12 Å². The molecule has 2 saturated heterocycles. The van der Waals surface area contributed by atoms with E-state index in [1.165, 1.54) is 36.6 Å². The summed E-state index contributed by atoms with van der Waals surface area (Å²) in [6.45, 7) is 5.41. The van der Waals surface area contributed by atoms with Crippen molar-refractivity contribution in [3.63, 3.8) is 0 Å². The summed E-state index contributed by atoms with van der Waals surface area (Å²) in [5, 5.41) is 0.175. The van der Waals surface area contributed by atoms with Gasteiger partial charge in [-0.05, 0) is 37.6 Å². The summed E-state index contributed by atoms with van der Waals surface area (Å²) in [5.74, 6) is 0.134. The van der Waals surface area contributed by atoms with E-state index in [4.69, 9.17) is 0 Å². The van der Waals surface area contributed by atoms with Crippen LogP contribution in [0.15, 0.2) is 24.3 Å². The number of carbonyl (C=O) groups excluding carboxylic acids is 2. The highest BCUT2D eigenvalue weighted by Crippen LogP contribution is 2.31. The molecule has 1 atom stereocenters. The van der Waals surface area contributed by atoms with Gasteiger partial charge >= 0.3 is 0 Å². The minimum atomic E-state index is 0.0862. The van der Waals surface area contributed by atoms with E-state index >= 15 is 0 Å². The Balaban J connectivity index is 1.74. The molecule has 2 heterocycles. The molecule has 0 aromatic heterocycles. The van der Waals surface area contributed by atoms with Gasteiger partial charge in [-0.2, -0.15) is 0 Å². The number of amides is 1. The fraction of sp³-hybridized carbons (Fsp3) is 0.556. The zero-order valence-corrected chi connectivity index (χ0v) is 14.5. The maximum atomic E-state index is 12.4. The summed E-state index contributed by atoms with van der Waals surface area (Å²) in [6, 6.07) is 8.21. The Morgan fingerprint density at radius 1 is 1.22 bits per heavy atom. The number of piperidine rings is 1. The number of para-hydroxylation sites is 1. The van der Waals surface area contributed by atoms with Crippen LogP contribution in [-0.2, 0) is 16.1 Å². The molecule has 1 amide bonds. The highest BCUT2D eigenvalue weighted by molar-refractivity contribution is 8.14. The van der Waals surface area contributed by atoms with Crippen molar-refractivity contribution in [2.45, 2.75) is 44.4 Å². The van der Waals surface area contributed by atoms with Crippen LogP contribution in [0.4, 0.5) is 5.69 Å². The van der Waals surface area contributed by atoms with Crippen LogP contribution in [0.1, 0.15) is 38.2 Å². The van der Waals surface area contributed by atoms with Gasteiger partial charge in [0.1, 0.15) is 0 Å².